The van der Waals surface area contributed by atoms with Gasteiger partial charge in [-0.15, -0.1) is 0 Å². The molecule has 0 saturated carbocycles. The van der Waals surface area contributed by atoms with Gasteiger partial charge in [0.15, 0.2) is 0 Å². The van der Waals surface area contributed by atoms with Crippen molar-refractivity contribution >= 4 is 23.9 Å². The first-order valence-electron chi connectivity index (χ1n) is 7.26. The summed E-state index contributed by atoms with van der Waals surface area (Å²) >= 11 is 0. The topological polar surface area (TPSA) is 133 Å². The zero-order chi connectivity index (χ0) is 17.8. The number of amides is 2. The summed E-state index contributed by atoms with van der Waals surface area (Å²) in [6.45, 7) is 5.42. The van der Waals surface area contributed by atoms with Gasteiger partial charge in [-0.2, -0.15) is 0 Å². The van der Waals surface area contributed by atoms with Gasteiger partial charge in [-0.3, -0.25) is 14.5 Å². The van der Waals surface area contributed by atoms with E-state index in [-0.39, 0.29) is 0 Å². The van der Waals surface area contributed by atoms with Crippen molar-refractivity contribution in [3.8, 4) is 0 Å². The second-order valence-electron chi connectivity index (χ2n) is 6.33. The third-order valence-corrected chi connectivity index (χ3v) is 3.18. The number of ether oxygens (including phenoxy) is 1. The first kappa shape index (κ1) is 18.7. The van der Waals surface area contributed by atoms with Crippen molar-refractivity contribution in [3.05, 3.63) is 0 Å². The summed E-state index contributed by atoms with van der Waals surface area (Å²) in [5, 5.41) is 19.8. The van der Waals surface area contributed by atoms with E-state index >= 15 is 0 Å². The molecule has 1 aliphatic rings. The van der Waals surface area contributed by atoms with Crippen LogP contribution in [0.25, 0.3) is 0 Å². The molecule has 1 rings (SSSR count). The number of carbonyl (C=O) groups is 4. The van der Waals surface area contributed by atoms with E-state index in [1.54, 1.807) is 20.8 Å². The van der Waals surface area contributed by atoms with E-state index in [1.807, 2.05) is 0 Å². The van der Waals surface area contributed by atoms with Crippen molar-refractivity contribution in [1.29, 1.82) is 0 Å². The maximum absolute atomic E-state index is 12.2. The fourth-order valence-corrected chi connectivity index (χ4v) is 2.22. The average Bonchev–Trinajstić information content (AvgIpc) is 2.84. The first-order chi connectivity index (χ1) is 10.5. The predicted octanol–water partition coefficient (Wildman–Crippen LogP) is 0.430. The zero-order valence-electron chi connectivity index (χ0n) is 13.4. The van der Waals surface area contributed by atoms with Gasteiger partial charge in [0.1, 0.15) is 17.7 Å². The number of hydrogen-bond acceptors (Lipinski definition) is 5. The number of aliphatic carboxylic acids is 2. The van der Waals surface area contributed by atoms with Crippen molar-refractivity contribution in [3.63, 3.8) is 0 Å². The van der Waals surface area contributed by atoms with Crippen LogP contribution in [0.15, 0.2) is 0 Å². The van der Waals surface area contributed by atoms with E-state index in [9.17, 15) is 19.2 Å². The molecule has 0 bridgehead atoms. The molecule has 1 fully saturated rings. The lowest BCUT2D eigenvalue weighted by Crippen LogP contribution is -2.52. The summed E-state index contributed by atoms with van der Waals surface area (Å²) in [5.74, 6) is -3.47. The zero-order valence-corrected chi connectivity index (χ0v) is 13.4. The van der Waals surface area contributed by atoms with Crippen LogP contribution in [0.5, 0.6) is 0 Å². The molecule has 0 aromatic rings. The smallest absolute Gasteiger partial charge is 0.410 e. The number of hydrogen-bond donors (Lipinski definition) is 3. The molecule has 2 amide bonds. The van der Waals surface area contributed by atoms with Gasteiger partial charge in [0.25, 0.3) is 0 Å². The molecule has 3 N–H and O–H groups in total. The Balaban J connectivity index is 2.75. The lowest BCUT2D eigenvalue weighted by atomic mass is 10.1. The fraction of sp³-hybridized carbons (Fsp3) is 0.714. The molecule has 1 aliphatic heterocycles. The second-order valence-corrected chi connectivity index (χ2v) is 6.33. The minimum atomic E-state index is -1.54. The molecule has 130 valence electrons. The largest absolute Gasteiger partial charge is 0.481 e. The molecule has 9 nitrogen and oxygen atoms in total. The quantitative estimate of drug-likeness (QED) is 0.665. The number of carboxylic acid groups (broad SMARTS) is 2. The van der Waals surface area contributed by atoms with Crippen LogP contribution in [0.1, 0.15) is 40.0 Å². The number of nitrogens with zero attached hydrogens (tertiary/aromatic N) is 1. The van der Waals surface area contributed by atoms with Gasteiger partial charge in [0.05, 0.1) is 6.42 Å². The molecule has 0 radical (unpaired) electrons. The highest BCUT2D eigenvalue weighted by Gasteiger charge is 2.38. The summed E-state index contributed by atoms with van der Waals surface area (Å²) in [5.41, 5.74) is -0.715. The summed E-state index contributed by atoms with van der Waals surface area (Å²) < 4.78 is 5.22. The van der Waals surface area contributed by atoms with E-state index in [2.05, 4.69) is 5.32 Å². The summed E-state index contributed by atoms with van der Waals surface area (Å²) in [4.78, 5) is 47.2. The highest BCUT2D eigenvalue weighted by Crippen LogP contribution is 2.21. The monoisotopic (exact) mass is 330 g/mol. The minimum Gasteiger partial charge on any atom is -0.481 e. The number of rotatable bonds is 5. The van der Waals surface area contributed by atoms with E-state index in [0.29, 0.717) is 19.4 Å². The molecule has 0 spiro atoms. The maximum Gasteiger partial charge on any atom is 0.410 e. The number of nitrogens with one attached hydrogen (secondary N) is 1. The molecule has 2 atom stereocenters. The van der Waals surface area contributed by atoms with Gasteiger partial charge in [-0.25, -0.2) is 9.59 Å². The van der Waals surface area contributed by atoms with E-state index in [4.69, 9.17) is 14.9 Å². The Morgan fingerprint density at radius 2 is 1.87 bits per heavy atom. The Labute approximate surface area is 133 Å². The molecule has 9 heteroatoms. The van der Waals surface area contributed by atoms with Gasteiger partial charge < -0.3 is 20.3 Å². The van der Waals surface area contributed by atoms with Gasteiger partial charge >= 0.3 is 18.0 Å². The molecule has 0 aromatic heterocycles. The van der Waals surface area contributed by atoms with Crippen LogP contribution in [-0.4, -0.2) is 63.3 Å². The van der Waals surface area contributed by atoms with Crippen LogP contribution in [0.3, 0.4) is 0 Å². The van der Waals surface area contributed by atoms with Crippen LogP contribution in [0, 0.1) is 0 Å². The molecule has 0 aromatic carbocycles. The molecule has 0 aliphatic carbocycles. The summed E-state index contributed by atoms with van der Waals surface area (Å²) in [6, 6.07) is -2.40. The standard InChI is InChI=1S/C14H22N2O7/c1-14(2,3)23-13(22)16-6-4-5-9(16)11(19)15-8(12(20)21)7-10(17)18/h8-9H,4-7H2,1-3H3,(H,15,19)(H,17,18)(H,20,21)/t8-,9-/m0/s1. The number of carboxylic acids is 2. The van der Waals surface area contributed by atoms with Gasteiger partial charge in [0.2, 0.25) is 5.91 Å². The van der Waals surface area contributed by atoms with Crippen LogP contribution < -0.4 is 5.32 Å². The highest BCUT2D eigenvalue weighted by atomic mass is 16.6. The van der Waals surface area contributed by atoms with E-state index in [1.165, 1.54) is 4.90 Å². The van der Waals surface area contributed by atoms with E-state index < -0.39 is 48.0 Å². The Hall–Kier alpha value is -2.32. The third kappa shape index (κ3) is 5.76. The summed E-state index contributed by atoms with van der Waals surface area (Å²) in [7, 11) is 0. The van der Waals surface area contributed by atoms with Crippen LogP contribution in [0.4, 0.5) is 4.79 Å². The van der Waals surface area contributed by atoms with Crippen LogP contribution in [0.2, 0.25) is 0 Å². The molecule has 1 saturated heterocycles. The molecule has 23 heavy (non-hydrogen) atoms. The molecular weight excluding hydrogens is 308 g/mol. The number of likely N-dealkylation sites (tertiary alicyclic amines) is 1. The highest BCUT2D eigenvalue weighted by molar-refractivity contribution is 5.91. The Morgan fingerprint density at radius 1 is 1.26 bits per heavy atom. The van der Waals surface area contributed by atoms with E-state index in [0.717, 1.165) is 0 Å². The van der Waals surface area contributed by atoms with Gasteiger partial charge in [0, 0.05) is 6.54 Å². The van der Waals surface area contributed by atoms with Crippen molar-refractivity contribution in [2.24, 2.45) is 0 Å². The molecule has 1 heterocycles. The first-order valence-corrected chi connectivity index (χ1v) is 7.26. The van der Waals surface area contributed by atoms with Gasteiger partial charge in [-0.05, 0) is 33.6 Å². The SMILES string of the molecule is CC(C)(C)OC(=O)N1CCC[C@H]1C(=O)N[C@@H](CC(=O)O)C(=O)O. The Morgan fingerprint density at radius 3 is 2.35 bits per heavy atom. The lowest BCUT2D eigenvalue weighted by molar-refractivity contribution is -0.147. The van der Waals surface area contributed by atoms with Gasteiger partial charge in [-0.1, -0.05) is 0 Å². The second kappa shape index (κ2) is 7.30. The van der Waals surface area contributed by atoms with Crippen molar-refractivity contribution < 1.29 is 34.1 Å². The third-order valence-electron chi connectivity index (χ3n) is 3.18. The Kier molecular flexibility index (Phi) is 5.94. The van der Waals surface area contributed by atoms with Crippen molar-refractivity contribution in [2.45, 2.75) is 57.7 Å². The molecule has 0 unspecified atom stereocenters. The average molecular weight is 330 g/mol. The maximum atomic E-state index is 12.2. The van der Waals surface area contributed by atoms with Crippen molar-refractivity contribution in [1.82, 2.24) is 10.2 Å². The lowest BCUT2D eigenvalue weighted by Gasteiger charge is -2.28. The minimum absolute atomic E-state index is 0.323. The van der Waals surface area contributed by atoms with Crippen LogP contribution in [-0.2, 0) is 19.1 Å². The normalized spacial score (nSPS) is 19.1. The Bertz CT molecular complexity index is 498. The number of carbonyl (C=O) groups excluding carboxylic acids is 2. The van der Waals surface area contributed by atoms with Crippen molar-refractivity contribution in [2.75, 3.05) is 6.54 Å². The fourth-order valence-electron chi connectivity index (χ4n) is 2.22. The summed E-state index contributed by atoms with van der Waals surface area (Å²) in [6.07, 6.45) is -0.445. The predicted molar refractivity (Wildman–Crippen MR) is 77.8 cm³/mol. The molecular formula is C14H22N2O7. The van der Waals surface area contributed by atoms with Crippen LogP contribution >= 0.6 is 0 Å².